The number of thioether (sulfide) groups is 1. The number of aromatic amines is 1. The Kier molecular flexibility index (Phi) is 4.97. The molecule has 2 heterocycles. The Balaban J connectivity index is 1.85. The molecule has 1 saturated heterocycles. The lowest BCUT2D eigenvalue weighted by Crippen LogP contribution is -2.36. The maximum Gasteiger partial charge on any atom is 0.236 e. The number of nitrogens with one attached hydrogen (secondary N) is 1. The zero-order chi connectivity index (χ0) is 16.4. The van der Waals surface area contributed by atoms with Crippen LogP contribution < -0.4 is 0 Å². The number of hydrogen-bond acceptors (Lipinski definition) is 3. The Hall–Kier alpha value is -1.46. The summed E-state index contributed by atoms with van der Waals surface area (Å²) in [4.78, 5) is 22.4. The first kappa shape index (κ1) is 16.4. The topological polar surface area (TPSA) is 49.0 Å². The first-order chi connectivity index (χ1) is 11.1. The molecule has 2 atom stereocenters. The molecule has 1 aromatic carbocycles. The number of benzene rings is 1. The maximum absolute atomic E-state index is 12.5. The second-order valence-electron chi connectivity index (χ2n) is 5.73. The van der Waals surface area contributed by atoms with Crippen molar-refractivity contribution in [3.8, 4) is 11.3 Å². The second kappa shape index (κ2) is 6.97. The lowest BCUT2D eigenvalue weighted by atomic mass is 10.2. The molecule has 4 nitrogen and oxygen atoms in total. The third-order valence-corrected chi connectivity index (χ3v) is 5.55. The minimum absolute atomic E-state index is 0.0198. The summed E-state index contributed by atoms with van der Waals surface area (Å²) in [5.74, 6) is 1.04. The van der Waals surface area contributed by atoms with E-state index in [4.69, 9.17) is 11.6 Å². The molecular formula is C17H20ClN3OS. The number of amides is 1. The van der Waals surface area contributed by atoms with E-state index in [9.17, 15) is 4.79 Å². The van der Waals surface area contributed by atoms with E-state index in [-0.39, 0.29) is 17.2 Å². The van der Waals surface area contributed by atoms with Gasteiger partial charge in [-0.2, -0.15) is 11.8 Å². The minimum Gasteiger partial charge on any atom is -0.340 e. The van der Waals surface area contributed by atoms with Gasteiger partial charge in [0.1, 0.15) is 5.82 Å². The van der Waals surface area contributed by atoms with Crippen LogP contribution in [0.25, 0.3) is 11.3 Å². The molecule has 0 aliphatic carbocycles. The smallest absolute Gasteiger partial charge is 0.236 e. The van der Waals surface area contributed by atoms with Crippen molar-refractivity contribution in [1.29, 1.82) is 0 Å². The van der Waals surface area contributed by atoms with Crippen LogP contribution in [0.1, 0.15) is 31.6 Å². The average Bonchev–Trinajstić information content (AvgIpc) is 3.22. The zero-order valence-electron chi connectivity index (χ0n) is 13.3. The molecule has 1 fully saturated rings. The highest BCUT2D eigenvalue weighted by Gasteiger charge is 2.33. The largest absolute Gasteiger partial charge is 0.340 e. The van der Waals surface area contributed by atoms with Crippen LogP contribution in [0, 0.1) is 0 Å². The van der Waals surface area contributed by atoms with Crippen LogP contribution in [-0.2, 0) is 4.79 Å². The summed E-state index contributed by atoms with van der Waals surface area (Å²) in [6.45, 7) is 2.76. The van der Waals surface area contributed by atoms with E-state index in [1.165, 1.54) is 0 Å². The summed E-state index contributed by atoms with van der Waals surface area (Å²) in [5.41, 5.74) is 1.82. The van der Waals surface area contributed by atoms with Crippen LogP contribution in [-0.4, -0.2) is 38.8 Å². The van der Waals surface area contributed by atoms with Crippen molar-refractivity contribution in [1.82, 2.24) is 14.9 Å². The molecule has 1 N–H and O–H groups in total. The van der Waals surface area contributed by atoms with Gasteiger partial charge >= 0.3 is 0 Å². The number of aromatic nitrogens is 2. The Morgan fingerprint density at radius 2 is 2.26 bits per heavy atom. The SMILES string of the molecule is CS[C@@H](C)C(=O)N1CCC[C@@H]1c1ncc(-c2ccccc2Cl)[nH]1. The Labute approximate surface area is 145 Å². The number of carbonyl (C=O) groups excluding carboxylic acids is 1. The monoisotopic (exact) mass is 349 g/mol. The highest BCUT2D eigenvalue weighted by Crippen LogP contribution is 2.34. The average molecular weight is 350 g/mol. The number of carbonyl (C=O) groups is 1. The summed E-state index contributed by atoms with van der Waals surface area (Å²) < 4.78 is 0. The lowest BCUT2D eigenvalue weighted by molar-refractivity contribution is -0.131. The summed E-state index contributed by atoms with van der Waals surface area (Å²) in [6.07, 6.45) is 5.73. The zero-order valence-corrected chi connectivity index (χ0v) is 14.8. The highest BCUT2D eigenvalue weighted by molar-refractivity contribution is 7.99. The first-order valence-corrected chi connectivity index (χ1v) is 9.41. The molecular weight excluding hydrogens is 330 g/mol. The fourth-order valence-electron chi connectivity index (χ4n) is 2.97. The molecule has 2 aromatic rings. The van der Waals surface area contributed by atoms with E-state index in [0.717, 1.165) is 36.5 Å². The summed E-state index contributed by atoms with van der Waals surface area (Å²) in [6, 6.07) is 7.72. The molecule has 122 valence electrons. The van der Waals surface area contributed by atoms with Gasteiger partial charge in [0.05, 0.1) is 23.2 Å². The van der Waals surface area contributed by atoms with Crippen LogP contribution in [0.15, 0.2) is 30.5 Å². The Morgan fingerprint density at radius 1 is 1.48 bits per heavy atom. The van der Waals surface area contributed by atoms with Gasteiger partial charge in [-0.15, -0.1) is 0 Å². The van der Waals surface area contributed by atoms with E-state index < -0.39 is 0 Å². The van der Waals surface area contributed by atoms with Gasteiger partial charge in [0, 0.05) is 17.1 Å². The van der Waals surface area contributed by atoms with Gasteiger partial charge in [-0.25, -0.2) is 4.98 Å². The summed E-state index contributed by atoms with van der Waals surface area (Å²) in [7, 11) is 0. The molecule has 3 rings (SSSR count). The molecule has 0 saturated carbocycles. The lowest BCUT2D eigenvalue weighted by Gasteiger charge is -2.25. The molecule has 1 aliphatic heterocycles. The Bertz CT molecular complexity index is 703. The minimum atomic E-state index is -0.0198. The van der Waals surface area contributed by atoms with Gasteiger partial charge in [-0.3, -0.25) is 4.79 Å². The van der Waals surface area contributed by atoms with E-state index in [1.807, 2.05) is 42.3 Å². The third kappa shape index (κ3) is 3.26. The van der Waals surface area contributed by atoms with Crippen molar-refractivity contribution >= 4 is 29.3 Å². The molecule has 0 radical (unpaired) electrons. The number of rotatable bonds is 4. The van der Waals surface area contributed by atoms with Crippen molar-refractivity contribution < 1.29 is 4.79 Å². The second-order valence-corrected chi connectivity index (χ2v) is 7.32. The van der Waals surface area contributed by atoms with Crippen molar-refractivity contribution in [2.24, 2.45) is 0 Å². The van der Waals surface area contributed by atoms with Gasteiger partial charge < -0.3 is 9.88 Å². The van der Waals surface area contributed by atoms with Crippen LogP contribution in [0.2, 0.25) is 5.02 Å². The number of likely N-dealkylation sites (tertiary alicyclic amines) is 1. The van der Waals surface area contributed by atoms with Crippen LogP contribution in [0.4, 0.5) is 0 Å². The van der Waals surface area contributed by atoms with Crippen molar-refractivity contribution in [3.05, 3.63) is 41.3 Å². The van der Waals surface area contributed by atoms with Crippen LogP contribution in [0.3, 0.4) is 0 Å². The molecule has 1 amide bonds. The third-order valence-electron chi connectivity index (χ3n) is 4.31. The maximum atomic E-state index is 12.5. The van der Waals surface area contributed by atoms with Crippen molar-refractivity contribution in [2.75, 3.05) is 12.8 Å². The number of nitrogens with zero attached hydrogens (tertiary/aromatic N) is 2. The molecule has 23 heavy (non-hydrogen) atoms. The van der Waals surface area contributed by atoms with Gasteiger partial charge in [-0.05, 0) is 32.1 Å². The first-order valence-electron chi connectivity index (χ1n) is 7.75. The normalized spacial score (nSPS) is 19.1. The van der Waals surface area contributed by atoms with Crippen LogP contribution in [0.5, 0.6) is 0 Å². The summed E-state index contributed by atoms with van der Waals surface area (Å²) >= 11 is 7.83. The van der Waals surface area contributed by atoms with Gasteiger partial charge in [0.2, 0.25) is 5.91 Å². The highest BCUT2D eigenvalue weighted by atomic mass is 35.5. The standard InChI is InChI=1S/C17H20ClN3OS/c1-11(23-2)17(22)21-9-5-8-15(21)16-19-10-14(20-16)12-6-3-4-7-13(12)18/h3-4,6-7,10-11,15H,5,8-9H2,1-2H3,(H,19,20)/t11-,15+/m0/s1. The van der Waals surface area contributed by atoms with Crippen LogP contribution >= 0.6 is 23.4 Å². The number of halogens is 1. The van der Waals surface area contributed by atoms with Gasteiger partial charge in [-0.1, -0.05) is 29.8 Å². The quantitative estimate of drug-likeness (QED) is 0.902. The Morgan fingerprint density at radius 3 is 3.00 bits per heavy atom. The van der Waals surface area contributed by atoms with Gasteiger partial charge in [0.15, 0.2) is 0 Å². The summed E-state index contributed by atoms with van der Waals surface area (Å²) in [5, 5.41) is 0.673. The van der Waals surface area contributed by atoms with E-state index in [1.54, 1.807) is 18.0 Å². The fourth-order valence-corrected chi connectivity index (χ4v) is 3.55. The predicted molar refractivity (Wildman–Crippen MR) is 95.7 cm³/mol. The predicted octanol–water partition coefficient (Wildman–Crippen LogP) is 4.15. The number of imidazole rings is 1. The molecule has 0 spiro atoms. The fraction of sp³-hybridized carbons (Fsp3) is 0.412. The molecule has 6 heteroatoms. The molecule has 1 aliphatic rings. The van der Waals surface area contributed by atoms with Crippen molar-refractivity contribution in [3.63, 3.8) is 0 Å². The van der Waals surface area contributed by atoms with E-state index in [0.29, 0.717) is 5.02 Å². The van der Waals surface area contributed by atoms with E-state index >= 15 is 0 Å². The molecule has 1 aromatic heterocycles. The molecule has 0 bridgehead atoms. The van der Waals surface area contributed by atoms with Gasteiger partial charge in [0.25, 0.3) is 0 Å². The number of H-pyrrole nitrogens is 1. The number of hydrogen-bond donors (Lipinski definition) is 1. The van der Waals surface area contributed by atoms with E-state index in [2.05, 4.69) is 9.97 Å². The molecule has 0 unspecified atom stereocenters. The van der Waals surface area contributed by atoms with Crippen molar-refractivity contribution in [2.45, 2.75) is 31.1 Å².